The molecule has 45 heavy (non-hydrogen) atoms. The van der Waals surface area contributed by atoms with E-state index in [1.807, 2.05) is 12.1 Å². The van der Waals surface area contributed by atoms with Crippen LogP contribution in [0.2, 0.25) is 5.02 Å². The van der Waals surface area contributed by atoms with Gasteiger partial charge in [0.1, 0.15) is 11.9 Å². The van der Waals surface area contributed by atoms with Gasteiger partial charge in [0, 0.05) is 54.3 Å². The summed E-state index contributed by atoms with van der Waals surface area (Å²) in [6, 6.07) is 12.4. The minimum Gasteiger partial charge on any atom is -0.463 e. The van der Waals surface area contributed by atoms with E-state index in [-0.39, 0.29) is 18.5 Å². The van der Waals surface area contributed by atoms with Crippen LogP contribution < -0.4 is 14.5 Å². The number of rotatable bonds is 9. The first kappa shape index (κ1) is 31.1. The highest BCUT2D eigenvalue weighted by molar-refractivity contribution is 6.36. The van der Waals surface area contributed by atoms with Crippen LogP contribution in [-0.2, 0) is 17.8 Å². The Labute approximate surface area is 269 Å². The smallest absolute Gasteiger partial charge is 0.318 e. The number of nitrogens with zero attached hydrogens (tertiary/aromatic N) is 7. The Morgan fingerprint density at radius 1 is 1.20 bits per heavy atom. The van der Waals surface area contributed by atoms with Gasteiger partial charge in [-0.05, 0) is 57.8 Å². The number of carbonyl (C=O) groups excluding carboxylic acids is 1. The van der Waals surface area contributed by atoms with E-state index in [2.05, 4.69) is 71.4 Å². The van der Waals surface area contributed by atoms with Gasteiger partial charge in [-0.15, -0.1) is 0 Å². The molecule has 3 aromatic rings. The van der Waals surface area contributed by atoms with Crippen LogP contribution in [-0.4, -0.2) is 91.2 Å². The molecule has 1 aromatic heterocycles. The van der Waals surface area contributed by atoms with E-state index in [4.69, 9.17) is 32.9 Å². The molecule has 1 aliphatic carbocycles. The normalized spacial score (nSPS) is 19.7. The fraction of sp³-hybridized carbons (Fsp3) is 0.471. The lowest BCUT2D eigenvalue weighted by Crippen LogP contribution is -2.57. The van der Waals surface area contributed by atoms with Crippen molar-refractivity contribution in [2.24, 2.45) is 5.41 Å². The lowest BCUT2D eigenvalue weighted by Gasteiger charge is -2.41. The molecular formula is C34H39ClFN7O2. The first-order valence-corrected chi connectivity index (χ1v) is 15.8. The number of hydrogen-bond donors (Lipinski definition) is 0. The predicted octanol–water partition coefficient (Wildman–Crippen LogP) is 5.37. The van der Waals surface area contributed by atoms with Gasteiger partial charge < -0.3 is 29.2 Å². The second kappa shape index (κ2) is 12.5. The fourth-order valence-corrected chi connectivity index (χ4v) is 7.07. The minimum atomic E-state index is -1.01. The highest BCUT2D eigenvalue weighted by Crippen LogP contribution is 2.50. The van der Waals surface area contributed by atoms with Crippen LogP contribution >= 0.6 is 11.6 Å². The molecule has 0 bridgehead atoms. The van der Waals surface area contributed by atoms with Gasteiger partial charge in [0.05, 0.1) is 23.9 Å². The summed E-state index contributed by atoms with van der Waals surface area (Å²) in [5.74, 6) is -1.01. The van der Waals surface area contributed by atoms with Crippen molar-refractivity contribution in [2.45, 2.75) is 44.8 Å². The Bertz CT molecular complexity index is 1660. The number of hydrogen-bond acceptors (Lipinski definition) is 7. The lowest BCUT2D eigenvalue weighted by atomic mass is 9.98. The lowest BCUT2D eigenvalue weighted by molar-refractivity contribution is -0.131. The van der Waals surface area contributed by atoms with E-state index < -0.39 is 17.8 Å². The van der Waals surface area contributed by atoms with Crippen molar-refractivity contribution in [3.63, 3.8) is 0 Å². The van der Waals surface area contributed by atoms with Crippen LogP contribution in [0.25, 0.3) is 15.6 Å². The standard InChI is InChI=1S/C34H39ClFN7O2/c1-22(36)32(44)43-17-16-42(19-25(43)18-37-3)31-26-12-15-41(29-11-7-9-24-8-6-10-27(35)30(24)29)20-28(26)38-33(39-31)45-21-34(13-14-34)23(2)40(4)5/h6-11,23,25H,1,12-21H2,2,4-5H3/t23?,25-/m0/s1. The van der Waals surface area contributed by atoms with E-state index in [0.29, 0.717) is 49.7 Å². The van der Waals surface area contributed by atoms with Crippen molar-refractivity contribution in [3.05, 3.63) is 76.5 Å². The Morgan fingerprint density at radius 3 is 2.64 bits per heavy atom. The molecule has 2 aliphatic heterocycles. The third-order valence-electron chi connectivity index (χ3n) is 9.81. The summed E-state index contributed by atoms with van der Waals surface area (Å²) < 4.78 is 20.3. The Balaban J connectivity index is 1.34. The zero-order valence-electron chi connectivity index (χ0n) is 26.1. The molecule has 236 valence electrons. The molecule has 1 saturated heterocycles. The number of anilines is 2. The summed E-state index contributed by atoms with van der Waals surface area (Å²) in [5, 5.41) is 2.80. The maximum Gasteiger partial charge on any atom is 0.318 e. The van der Waals surface area contributed by atoms with Gasteiger partial charge in [-0.3, -0.25) is 4.79 Å². The summed E-state index contributed by atoms with van der Waals surface area (Å²) >= 11 is 6.70. The first-order valence-electron chi connectivity index (χ1n) is 15.5. The van der Waals surface area contributed by atoms with Gasteiger partial charge >= 0.3 is 6.01 Å². The summed E-state index contributed by atoms with van der Waals surface area (Å²) in [5.41, 5.74) is 3.03. The van der Waals surface area contributed by atoms with Gasteiger partial charge in [-0.25, -0.2) is 11.0 Å². The molecule has 1 saturated carbocycles. The molecule has 3 heterocycles. The van der Waals surface area contributed by atoms with Crippen molar-refractivity contribution >= 4 is 39.8 Å². The fourth-order valence-electron chi connectivity index (χ4n) is 6.79. The molecule has 2 fully saturated rings. The second-order valence-electron chi connectivity index (χ2n) is 12.7. The first-order chi connectivity index (χ1) is 21.6. The van der Waals surface area contributed by atoms with E-state index in [9.17, 15) is 9.18 Å². The Hall–Kier alpha value is -3.94. The topological polar surface area (TPSA) is 69.4 Å². The molecule has 0 radical (unpaired) electrons. The van der Waals surface area contributed by atoms with E-state index in [0.717, 1.165) is 52.9 Å². The Morgan fingerprint density at radius 2 is 1.96 bits per heavy atom. The van der Waals surface area contributed by atoms with Crippen molar-refractivity contribution < 1.29 is 13.9 Å². The van der Waals surface area contributed by atoms with Gasteiger partial charge in [-0.2, -0.15) is 9.97 Å². The monoisotopic (exact) mass is 631 g/mol. The number of fused-ring (bicyclic) bond motifs is 2. The van der Waals surface area contributed by atoms with Crippen LogP contribution in [0.5, 0.6) is 6.01 Å². The average Bonchev–Trinajstić information content (AvgIpc) is 3.83. The quantitative estimate of drug-likeness (QED) is 0.232. The largest absolute Gasteiger partial charge is 0.463 e. The number of aromatic nitrogens is 2. The molecule has 2 atom stereocenters. The summed E-state index contributed by atoms with van der Waals surface area (Å²) in [6.07, 6.45) is 2.88. The molecule has 2 aromatic carbocycles. The summed E-state index contributed by atoms with van der Waals surface area (Å²) in [4.78, 5) is 34.1. The molecule has 0 spiro atoms. The molecule has 9 nitrogen and oxygen atoms in total. The van der Waals surface area contributed by atoms with Crippen LogP contribution in [0.15, 0.2) is 48.8 Å². The van der Waals surface area contributed by atoms with Crippen molar-refractivity contribution in [1.82, 2.24) is 19.8 Å². The van der Waals surface area contributed by atoms with Gasteiger partial charge in [-0.1, -0.05) is 42.4 Å². The number of amides is 1. The van der Waals surface area contributed by atoms with Gasteiger partial charge in [0.15, 0.2) is 5.83 Å². The third kappa shape index (κ3) is 6.03. The third-order valence-corrected chi connectivity index (χ3v) is 10.1. The summed E-state index contributed by atoms with van der Waals surface area (Å²) in [6.45, 7) is 15.8. The molecule has 11 heteroatoms. The maximum absolute atomic E-state index is 13.9. The van der Waals surface area contributed by atoms with E-state index >= 15 is 0 Å². The number of benzene rings is 2. The second-order valence-corrected chi connectivity index (χ2v) is 13.1. The van der Waals surface area contributed by atoms with E-state index in [1.54, 1.807) is 0 Å². The highest BCUT2D eigenvalue weighted by Gasteiger charge is 2.49. The average molecular weight is 632 g/mol. The Kier molecular flexibility index (Phi) is 8.59. The molecule has 1 unspecified atom stereocenters. The van der Waals surface area contributed by atoms with Crippen LogP contribution in [0.3, 0.4) is 0 Å². The van der Waals surface area contributed by atoms with Crippen molar-refractivity contribution in [1.29, 1.82) is 0 Å². The minimum absolute atomic E-state index is 0.0622. The molecule has 0 N–H and O–H groups in total. The zero-order valence-corrected chi connectivity index (χ0v) is 26.9. The van der Waals surface area contributed by atoms with Crippen LogP contribution in [0.1, 0.15) is 31.0 Å². The zero-order chi connectivity index (χ0) is 31.9. The van der Waals surface area contributed by atoms with Gasteiger partial charge in [0.2, 0.25) is 6.54 Å². The van der Waals surface area contributed by atoms with Crippen LogP contribution in [0, 0.1) is 12.0 Å². The molecular weight excluding hydrogens is 593 g/mol. The molecule has 3 aliphatic rings. The molecule has 1 amide bonds. The van der Waals surface area contributed by atoms with Crippen molar-refractivity contribution in [3.8, 4) is 6.01 Å². The van der Waals surface area contributed by atoms with E-state index in [1.165, 1.54) is 4.90 Å². The van der Waals surface area contributed by atoms with Crippen molar-refractivity contribution in [2.75, 3.05) is 63.2 Å². The van der Waals surface area contributed by atoms with Gasteiger partial charge in [0.25, 0.3) is 5.91 Å². The maximum atomic E-state index is 13.9. The number of carbonyl (C=O) groups is 1. The number of ether oxygens (including phenoxy) is 1. The SMILES string of the molecule is [C-]#[N+]C[C@H]1CN(c2nc(OCC3(C(C)N(C)C)CC3)nc3c2CCN(c2cccc4cccc(Cl)c24)C3)CCN1C(=O)C(=C)F. The number of piperazine rings is 1. The highest BCUT2D eigenvalue weighted by atomic mass is 35.5. The van der Waals surface area contributed by atoms with Crippen LogP contribution in [0.4, 0.5) is 15.9 Å². The summed E-state index contributed by atoms with van der Waals surface area (Å²) in [7, 11) is 4.18. The predicted molar refractivity (Wildman–Crippen MR) is 175 cm³/mol. The number of halogens is 2. The molecule has 6 rings (SSSR count).